The van der Waals surface area contributed by atoms with E-state index in [0.717, 1.165) is 21.3 Å². The molecule has 0 radical (unpaired) electrons. The fourth-order valence-electron chi connectivity index (χ4n) is 1.91. The number of aryl methyl sites for hydroxylation is 1. The molecule has 116 valence electrons. The molecule has 0 atom stereocenters. The minimum atomic E-state index is -0.410. The van der Waals surface area contributed by atoms with Gasteiger partial charge in [-0.1, -0.05) is 36.4 Å². The van der Waals surface area contributed by atoms with Crippen LogP contribution in [-0.4, -0.2) is 5.91 Å². The first-order valence-electron chi connectivity index (χ1n) is 7.05. The Morgan fingerprint density at radius 2 is 2.00 bits per heavy atom. The van der Waals surface area contributed by atoms with Crippen LogP contribution in [0, 0.1) is 18.3 Å². The van der Waals surface area contributed by atoms with Crippen LogP contribution < -0.4 is 10.6 Å². The van der Waals surface area contributed by atoms with Gasteiger partial charge in [0, 0.05) is 17.2 Å². The molecule has 5 heteroatoms. The van der Waals surface area contributed by atoms with Gasteiger partial charge in [0.25, 0.3) is 5.91 Å². The van der Waals surface area contributed by atoms with Crippen LogP contribution in [0.15, 0.2) is 64.8 Å². The number of hydrogen-bond donors (Lipinski definition) is 2. The number of carbonyl (C=O) groups is 1. The van der Waals surface area contributed by atoms with Crippen molar-refractivity contribution < 1.29 is 4.79 Å². The van der Waals surface area contributed by atoms with E-state index in [1.54, 1.807) is 0 Å². The second-order valence-electron chi connectivity index (χ2n) is 4.97. The Labute approximate surface area is 144 Å². The first kappa shape index (κ1) is 16.8. The van der Waals surface area contributed by atoms with E-state index < -0.39 is 5.91 Å². The summed E-state index contributed by atoms with van der Waals surface area (Å²) < 4.78 is 0.871. The van der Waals surface area contributed by atoms with Gasteiger partial charge in [0.2, 0.25) is 0 Å². The molecular formula is C18H16BrN3O. The van der Waals surface area contributed by atoms with E-state index in [0.29, 0.717) is 6.54 Å². The summed E-state index contributed by atoms with van der Waals surface area (Å²) >= 11 is 3.44. The van der Waals surface area contributed by atoms with E-state index in [2.05, 4.69) is 26.6 Å². The number of rotatable bonds is 5. The molecule has 4 nitrogen and oxygen atoms in total. The molecule has 1 amide bonds. The van der Waals surface area contributed by atoms with Crippen molar-refractivity contribution >= 4 is 27.5 Å². The molecule has 0 aliphatic heterocycles. The lowest BCUT2D eigenvalue weighted by molar-refractivity contribution is -0.117. The molecule has 0 heterocycles. The molecule has 2 aromatic rings. The normalized spacial score (nSPS) is 10.7. The van der Waals surface area contributed by atoms with Gasteiger partial charge >= 0.3 is 0 Å². The third kappa shape index (κ3) is 4.97. The Hall–Kier alpha value is -2.58. The highest BCUT2D eigenvalue weighted by Gasteiger charge is 2.08. The maximum absolute atomic E-state index is 12.1. The summed E-state index contributed by atoms with van der Waals surface area (Å²) in [7, 11) is 0. The number of hydrogen-bond acceptors (Lipinski definition) is 3. The standard InChI is InChI=1S/C18H16BrN3O/c1-13-7-8-17(16(19)9-13)21-12-15(10-20)18(23)22-11-14-5-3-2-4-6-14/h2-9,12,21H,11H2,1H3,(H,22,23)/b15-12-. The molecule has 23 heavy (non-hydrogen) atoms. The molecule has 0 unspecified atom stereocenters. The molecule has 0 aliphatic carbocycles. The summed E-state index contributed by atoms with van der Waals surface area (Å²) in [6.07, 6.45) is 1.41. The zero-order chi connectivity index (χ0) is 16.7. The van der Waals surface area contributed by atoms with E-state index in [4.69, 9.17) is 5.26 Å². The largest absolute Gasteiger partial charge is 0.359 e. The van der Waals surface area contributed by atoms with Crippen molar-refractivity contribution in [1.29, 1.82) is 5.26 Å². The lowest BCUT2D eigenvalue weighted by Crippen LogP contribution is -2.24. The molecule has 0 saturated heterocycles. The fourth-order valence-corrected chi connectivity index (χ4v) is 2.52. The van der Waals surface area contributed by atoms with Gasteiger partial charge in [-0.15, -0.1) is 0 Å². The molecule has 2 aromatic carbocycles. The molecule has 0 fully saturated rings. The number of nitriles is 1. The van der Waals surface area contributed by atoms with Gasteiger partial charge in [-0.05, 0) is 46.1 Å². The van der Waals surface area contributed by atoms with Gasteiger partial charge in [0.15, 0.2) is 0 Å². The molecule has 0 aromatic heterocycles. The molecule has 0 spiro atoms. The number of anilines is 1. The topological polar surface area (TPSA) is 64.9 Å². The summed E-state index contributed by atoms with van der Waals surface area (Å²) in [5.74, 6) is -0.410. The van der Waals surface area contributed by atoms with Crippen LogP contribution in [0.1, 0.15) is 11.1 Å². The van der Waals surface area contributed by atoms with Crippen LogP contribution in [0.2, 0.25) is 0 Å². The van der Waals surface area contributed by atoms with E-state index in [1.807, 2.05) is 61.5 Å². The molecule has 0 aliphatic rings. The van der Waals surface area contributed by atoms with Crippen molar-refractivity contribution in [2.75, 3.05) is 5.32 Å². The number of amides is 1. The van der Waals surface area contributed by atoms with Crippen LogP contribution in [0.5, 0.6) is 0 Å². The van der Waals surface area contributed by atoms with Gasteiger partial charge in [-0.3, -0.25) is 4.79 Å². The molecule has 0 bridgehead atoms. The van der Waals surface area contributed by atoms with Crippen LogP contribution in [0.3, 0.4) is 0 Å². The van der Waals surface area contributed by atoms with Crippen molar-refractivity contribution in [3.05, 3.63) is 75.9 Å². The van der Waals surface area contributed by atoms with E-state index in [-0.39, 0.29) is 5.57 Å². The first-order valence-corrected chi connectivity index (χ1v) is 7.84. The zero-order valence-corrected chi connectivity index (χ0v) is 14.2. The van der Waals surface area contributed by atoms with Crippen molar-refractivity contribution in [3.63, 3.8) is 0 Å². The van der Waals surface area contributed by atoms with E-state index >= 15 is 0 Å². The molecule has 2 N–H and O–H groups in total. The predicted molar refractivity (Wildman–Crippen MR) is 94.5 cm³/mol. The Morgan fingerprint density at radius 1 is 1.26 bits per heavy atom. The smallest absolute Gasteiger partial charge is 0.263 e. The lowest BCUT2D eigenvalue weighted by Gasteiger charge is -2.07. The average molecular weight is 370 g/mol. The van der Waals surface area contributed by atoms with Gasteiger partial charge in [-0.25, -0.2) is 0 Å². The van der Waals surface area contributed by atoms with Crippen molar-refractivity contribution in [1.82, 2.24) is 5.32 Å². The number of benzene rings is 2. The highest BCUT2D eigenvalue weighted by molar-refractivity contribution is 9.10. The highest BCUT2D eigenvalue weighted by atomic mass is 79.9. The van der Waals surface area contributed by atoms with Gasteiger partial charge in [0.05, 0.1) is 5.69 Å². The summed E-state index contributed by atoms with van der Waals surface area (Å²) in [6.45, 7) is 2.37. The fraction of sp³-hybridized carbons (Fsp3) is 0.111. The Bertz CT molecular complexity index is 764. The number of carbonyl (C=O) groups excluding carboxylic acids is 1. The van der Waals surface area contributed by atoms with Gasteiger partial charge in [0.1, 0.15) is 11.6 Å². The van der Waals surface area contributed by atoms with E-state index in [1.165, 1.54) is 6.20 Å². The first-order chi connectivity index (χ1) is 11.1. The minimum Gasteiger partial charge on any atom is -0.359 e. The van der Waals surface area contributed by atoms with Crippen molar-refractivity contribution in [3.8, 4) is 6.07 Å². The Balaban J connectivity index is 2.00. The van der Waals surface area contributed by atoms with Crippen LogP contribution in [0.25, 0.3) is 0 Å². The highest BCUT2D eigenvalue weighted by Crippen LogP contribution is 2.23. The number of halogens is 1. The van der Waals surface area contributed by atoms with Gasteiger partial charge in [-0.2, -0.15) is 5.26 Å². The predicted octanol–water partition coefficient (Wildman–Crippen LogP) is 3.89. The summed E-state index contributed by atoms with van der Waals surface area (Å²) in [4.78, 5) is 12.1. The quantitative estimate of drug-likeness (QED) is 0.620. The Morgan fingerprint density at radius 3 is 2.65 bits per heavy atom. The molecule has 2 rings (SSSR count). The lowest BCUT2D eigenvalue weighted by atomic mass is 10.2. The number of nitrogens with zero attached hydrogens (tertiary/aromatic N) is 1. The molecular weight excluding hydrogens is 354 g/mol. The average Bonchev–Trinajstić information content (AvgIpc) is 2.56. The number of nitrogens with one attached hydrogen (secondary N) is 2. The van der Waals surface area contributed by atoms with Crippen LogP contribution in [-0.2, 0) is 11.3 Å². The van der Waals surface area contributed by atoms with Gasteiger partial charge < -0.3 is 10.6 Å². The summed E-state index contributed by atoms with van der Waals surface area (Å²) in [6, 6.07) is 17.2. The van der Waals surface area contributed by atoms with Crippen molar-refractivity contribution in [2.45, 2.75) is 13.5 Å². The monoisotopic (exact) mass is 369 g/mol. The maximum Gasteiger partial charge on any atom is 0.263 e. The third-order valence-corrected chi connectivity index (χ3v) is 3.81. The van der Waals surface area contributed by atoms with Crippen LogP contribution in [0.4, 0.5) is 5.69 Å². The third-order valence-electron chi connectivity index (χ3n) is 3.16. The summed E-state index contributed by atoms with van der Waals surface area (Å²) in [5.41, 5.74) is 2.91. The SMILES string of the molecule is Cc1ccc(N/C=C(/C#N)C(=O)NCc2ccccc2)c(Br)c1. The van der Waals surface area contributed by atoms with E-state index in [9.17, 15) is 4.79 Å². The second-order valence-corrected chi connectivity index (χ2v) is 5.82. The summed E-state index contributed by atoms with van der Waals surface area (Å²) in [5, 5.41) is 14.9. The molecule has 0 saturated carbocycles. The second kappa shape index (κ2) is 8.16. The minimum absolute atomic E-state index is 0.0217. The Kier molecular flexibility index (Phi) is 5.95. The van der Waals surface area contributed by atoms with Crippen LogP contribution >= 0.6 is 15.9 Å². The maximum atomic E-state index is 12.1. The zero-order valence-electron chi connectivity index (χ0n) is 12.6. The van der Waals surface area contributed by atoms with Crippen molar-refractivity contribution in [2.24, 2.45) is 0 Å².